The van der Waals surface area contributed by atoms with Crippen LogP contribution in [0.15, 0.2) is 0 Å². The summed E-state index contributed by atoms with van der Waals surface area (Å²) >= 11 is 0. The van der Waals surface area contributed by atoms with Crippen molar-refractivity contribution in [2.45, 2.75) is 55.9 Å². The van der Waals surface area contributed by atoms with E-state index in [1.807, 2.05) is 6.92 Å². The molecule has 0 aliphatic carbocycles. The number of nitrogens with zero attached hydrogens (tertiary/aromatic N) is 2. The zero-order chi connectivity index (χ0) is 22.1. The Hall–Kier alpha value is -2.38. The predicted molar refractivity (Wildman–Crippen MR) is 108 cm³/mol. The lowest BCUT2D eigenvalue weighted by Gasteiger charge is -2.44. The topological polar surface area (TPSA) is 155 Å². The Kier molecular flexibility index (Phi) is 6.53. The molecule has 0 saturated carbocycles. The number of carbonyl (C=O) groups excluding carboxylic acids is 2. The first kappa shape index (κ1) is 22.3. The highest BCUT2D eigenvalue weighted by Gasteiger charge is 2.50. The van der Waals surface area contributed by atoms with Crippen molar-refractivity contribution >= 4 is 22.0 Å². The Balaban J connectivity index is 1.68. The zero-order valence-electron chi connectivity index (χ0n) is 16.9. The van der Waals surface area contributed by atoms with Crippen LogP contribution in [0.5, 0.6) is 0 Å². The lowest BCUT2D eigenvalue weighted by molar-refractivity contribution is -0.121. The third kappa shape index (κ3) is 4.23. The standard InChI is InChI=1S/C18H27N7O4S/c1-4-13(12-8-21-15(7-19)22-10(12)2)23-16(26)9-25-18(27)24-14-5-6-20-11(3)17(14)30(25,28)29/h1,10-15,17,20-22H,5-6,8-9H2,2-3H3,(H,23,26)(H,24,27)/t10?,11?,12?,13-,14?,15?,17?/m0/s1. The average molecular weight is 438 g/mol. The van der Waals surface area contributed by atoms with E-state index >= 15 is 0 Å². The molecule has 0 aromatic heterocycles. The van der Waals surface area contributed by atoms with Crippen molar-refractivity contribution in [3.8, 4) is 18.4 Å². The van der Waals surface area contributed by atoms with Gasteiger partial charge >= 0.3 is 6.03 Å². The Bertz CT molecular complexity index is 880. The number of nitrogens with one attached hydrogen (secondary N) is 5. The second-order valence-electron chi connectivity index (χ2n) is 7.91. The molecule has 164 valence electrons. The Morgan fingerprint density at radius 2 is 2.10 bits per heavy atom. The van der Waals surface area contributed by atoms with Crippen molar-refractivity contribution in [1.29, 1.82) is 5.26 Å². The molecular formula is C18H27N7O4S. The smallest absolute Gasteiger partial charge is 0.331 e. The second kappa shape index (κ2) is 8.78. The maximum Gasteiger partial charge on any atom is 0.331 e. The minimum atomic E-state index is -4.02. The van der Waals surface area contributed by atoms with Gasteiger partial charge in [0.1, 0.15) is 18.0 Å². The maximum absolute atomic E-state index is 13.0. The molecule has 5 N–H and O–H groups in total. The minimum Gasteiger partial charge on any atom is -0.340 e. The summed E-state index contributed by atoms with van der Waals surface area (Å²) in [5.74, 6) is 1.63. The van der Waals surface area contributed by atoms with Crippen molar-refractivity contribution in [3.63, 3.8) is 0 Å². The van der Waals surface area contributed by atoms with Crippen LogP contribution in [0, 0.1) is 29.6 Å². The Labute approximate surface area is 176 Å². The van der Waals surface area contributed by atoms with Crippen molar-refractivity contribution in [1.82, 2.24) is 30.9 Å². The van der Waals surface area contributed by atoms with Gasteiger partial charge in [0.15, 0.2) is 0 Å². The van der Waals surface area contributed by atoms with Crippen molar-refractivity contribution in [2.75, 3.05) is 19.6 Å². The molecule has 0 radical (unpaired) electrons. The van der Waals surface area contributed by atoms with Crippen LogP contribution in [0.3, 0.4) is 0 Å². The minimum absolute atomic E-state index is 0.158. The molecular weight excluding hydrogens is 410 g/mol. The number of urea groups is 1. The summed E-state index contributed by atoms with van der Waals surface area (Å²) in [6.07, 6.45) is 5.59. The molecule has 3 rings (SSSR count). The number of sulfonamides is 1. The molecule has 0 bridgehead atoms. The first-order valence-electron chi connectivity index (χ1n) is 9.89. The van der Waals surface area contributed by atoms with E-state index in [2.05, 4.69) is 38.6 Å². The van der Waals surface area contributed by atoms with Crippen molar-refractivity contribution in [2.24, 2.45) is 5.92 Å². The van der Waals surface area contributed by atoms with Gasteiger partial charge in [0.05, 0.1) is 18.2 Å². The van der Waals surface area contributed by atoms with Crippen LogP contribution in [0.2, 0.25) is 0 Å². The SMILES string of the molecule is C#C[C@H](NC(=O)CN1C(=O)NC2CCNC(C)C2S1(=O)=O)C1CNC(C#N)NC1C. The number of fused-ring (bicyclic) bond motifs is 1. The summed E-state index contributed by atoms with van der Waals surface area (Å²) in [6, 6.07) is -0.437. The van der Waals surface area contributed by atoms with Crippen LogP contribution in [0.4, 0.5) is 4.79 Å². The summed E-state index contributed by atoms with van der Waals surface area (Å²) in [5.41, 5.74) is 0. The predicted octanol–water partition coefficient (Wildman–Crippen LogP) is -2.37. The average Bonchev–Trinajstić information content (AvgIpc) is 2.69. The van der Waals surface area contributed by atoms with E-state index in [0.717, 1.165) is 0 Å². The van der Waals surface area contributed by atoms with Gasteiger partial charge in [0.2, 0.25) is 15.9 Å². The first-order chi connectivity index (χ1) is 14.2. The molecule has 12 heteroatoms. The fraction of sp³-hybridized carbons (Fsp3) is 0.722. The van der Waals surface area contributed by atoms with Crippen LogP contribution >= 0.6 is 0 Å². The van der Waals surface area contributed by atoms with Gasteiger partial charge in [-0.05, 0) is 26.8 Å². The molecule has 3 fully saturated rings. The number of rotatable bonds is 4. The zero-order valence-corrected chi connectivity index (χ0v) is 17.7. The summed E-state index contributed by atoms with van der Waals surface area (Å²) in [5, 5.41) is 22.6. The molecule has 30 heavy (non-hydrogen) atoms. The van der Waals surface area contributed by atoms with Crippen LogP contribution in [0.25, 0.3) is 0 Å². The van der Waals surface area contributed by atoms with E-state index in [1.165, 1.54) is 0 Å². The molecule has 6 unspecified atom stereocenters. The van der Waals surface area contributed by atoms with Crippen LogP contribution in [0.1, 0.15) is 20.3 Å². The van der Waals surface area contributed by atoms with Gasteiger partial charge in [0, 0.05) is 24.5 Å². The van der Waals surface area contributed by atoms with Gasteiger partial charge in [0.25, 0.3) is 0 Å². The quantitative estimate of drug-likeness (QED) is 0.306. The number of hydrogen-bond acceptors (Lipinski definition) is 8. The Morgan fingerprint density at radius 1 is 1.37 bits per heavy atom. The fourth-order valence-corrected chi connectivity index (χ4v) is 6.46. The molecule has 11 nitrogen and oxygen atoms in total. The Morgan fingerprint density at radius 3 is 2.73 bits per heavy atom. The summed E-state index contributed by atoms with van der Waals surface area (Å²) < 4.78 is 26.7. The van der Waals surface area contributed by atoms with Crippen LogP contribution in [-0.4, -0.2) is 79.9 Å². The molecule has 0 aromatic carbocycles. The lowest BCUT2D eigenvalue weighted by Crippen LogP contribution is -2.70. The van der Waals surface area contributed by atoms with E-state index in [4.69, 9.17) is 11.7 Å². The molecule has 3 heterocycles. The summed E-state index contributed by atoms with van der Waals surface area (Å²) in [7, 11) is -4.02. The fourth-order valence-electron chi connectivity index (χ4n) is 4.36. The molecule has 3 aliphatic heterocycles. The van der Waals surface area contributed by atoms with E-state index < -0.39 is 52.0 Å². The van der Waals surface area contributed by atoms with Crippen molar-refractivity contribution < 1.29 is 18.0 Å². The normalized spacial score (nSPS) is 36.4. The largest absolute Gasteiger partial charge is 0.340 e. The third-order valence-corrected chi connectivity index (χ3v) is 8.30. The first-order valence-corrected chi connectivity index (χ1v) is 11.4. The monoisotopic (exact) mass is 437 g/mol. The second-order valence-corrected chi connectivity index (χ2v) is 9.92. The molecule has 0 spiro atoms. The van der Waals surface area contributed by atoms with Gasteiger partial charge in [-0.15, -0.1) is 6.42 Å². The van der Waals surface area contributed by atoms with Crippen LogP contribution in [-0.2, 0) is 14.8 Å². The number of amides is 3. The van der Waals surface area contributed by atoms with Crippen LogP contribution < -0.4 is 26.6 Å². The highest BCUT2D eigenvalue weighted by molar-refractivity contribution is 7.90. The molecule has 3 saturated heterocycles. The number of piperidine rings is 1. The van der Waals surface area contributed by atoms with E-state index in [9.17, 15) is 18.0 Å². The summed E-state index contributed by atoms with van der Waals surface area (Å²) in [4.78, 5) is 25.1. The van der Waals surface area contributed by atoms with E-state index in [0.29, 0.717) is 23.8 Å². The highest BCUT2D eigenvalue weighted by atomic mass is 32.2. The number of nitriles is 1. The third-order valence-electron chi connectivity index (χ3n) is 5.97. The number of terminal acetylenes is 1. The molecule has 3 aliphatic rings. The van der Waals surface area contributed by atoms with Gasteiger partial charge in [-0.25, -0.2) is 17.5 Å². The number of hydrogen-bond donors (Lipinski definition) is 5. The van der Waals surface area contributed by atoms with Crippen molar-refractivity contribution in [3.05, 3.63) is 0 Å². The summed E-state index contributed by atoms with van der Waals surface area (Å²) in [6.45, 7) is 3.96. The molecule has 3 amide bonds. The lowest BCUT2D eigenvalue weighted by atomic mass is 9.90. The van der Waals surface area contributed by atoms with Gasteiger partial charge in [-0.2, -0.15) is 5.26 Å². The van der Waals surface area contributed by atoms with E-state index in [-0.39, 0.29) is 18.0 Å². The highest BCUT2D eigenvalue weighted by Crippen LogP contribution is 2.26. The van der Waals surface area contributed by atoms with Gasteiger partial charge in [-0.1, -0.05) is 5.92 Å². The maximum atomic E-state index is 13.0. The van der Waals surface area contributed by atoms with Gasteiger partial charge < -0.3 is 16.0 Å². The molecule has 7 atom stereocenters. The van der Waals surface area contributed by atoms with E-state index in [1.54, 1.807) is 6.92 Å². The van der Waals surface area contributed by atoms with Gasteiger partial charge in [-0.3, -0.25) is 15.4 Å². The molecule has 0 aromatic rings. The number of carbonyl (C=O) groups is 2.